The van der Waals surface area contributed by atoms with Crippen LogP contribution in [0, 0.1) is 0 Å². The molecule has 0 bridgehead atoms. The highest BCUT2D eigenvalue weighted by atomic mass is 16.1. The lowest BCUT2D eigenvalue weighted by molar-refractivity contribution is 0.102. The molecule has 0 fully saturated rings. The SMILES string of the molecule is O=C(Nc1cccc(C(=O)c2ccc3c(/C=C/c4ccccn4)n[nH]c3c2)c1)c1ccccc1. The molecule has 0 saturated carbocycles. The Kier molecular flexibility index (Phi) is 5.78. The Balaban J connectivity index is 1.36. The molecule has 0 aliphatic carbocycles. The van der Waals surface area contributed by atoms with Gasteiger partial charge in [0.15, 0.2) is 5.78 Å². The van der Waals surface area contributed by atoms with E-state index in [2.05, 4.69) is 20.5 Å². The molecule has 2 N–H and O–H groups in total. The molecule has 3 aromatic carbocycles. The van der Waals surface area contributed by atoms with Crippen LogP contribution < -0.4 is 5.32 Å². The Morgan fingerprint density at radius 1 is 0.765 bits per heavy atom. The van der Waals surface area contributed by atoms with E-state index in [0.717, 1.165) is 22.3 Å². The van der Waals surface area contributed by atoms with Crippen LogP contribution >= 0.6 is 0 Å². The van der Waals surface area contributed by atoms with Gasteiger partial charge in [-0.15, -0.1) is 0 Å². The second kappa shape index (κ2) is 9.34. The fourth-order valence-electron chi connectivity index (χ4n) is 3.65. The van der Waals surface area contributed by atoms with Gasteiger partial charge in [-0.3, -0.25) is 19.7 Å². The van der Waals surface area contributed by atoms with Crippen LogP contribution in [0.4, 0.5) is 5.69 Å². The number of H-pyrrole nitrogens is 1. The maximum atomic E-state index is 13.1. The number of rotatable bonds is 6. The van der Waals surface area contributed by atoms with E-state index in [0.29, 0.717) is 22.4 Å². The van der Waals surface area contributed by atoms with Crippen LogP contribution in [-0.2, 0) is 0 Å². The van der Waals surface area contributed by atoms with E-state index < -0.39 is 0 Å². The number of carbonyl (C=O) groups excluding carboxylic acids is 2. The zero-order valence-corrected chi connectivity index (χ0v) is 18.1. The first-order valence-corrected chi connectivity index (χ1v) is 10.8. The number of nitrogens with zero attached hydrogens (tertiary/aromatic N) is 2. The lowest BCUT2D eigenvalue weighted by Crippen LogP contribution is -2.12. The number of ketones is 1. The molecular weight excluding hydrogens is 424 g/mol. The lowest BCUT2D eigenvalue weighted by Gasteiger charge is -2.07. The molecule has 6 heteroatoms. The Labute approximate surface area is 196 Å². The highest BCUT2D eigenvalue weighted by Crippen LogP contribution is 2.22. The third kappa shape index (κ3) is 4.52. The summed E-state index contributed by atoms with van der Waals surface area (Å²) in [5, 5.41) is 11.1. The van der Waals surface area contributed by atoms with Crippen molar-refractivity contribution in [1.82, 2.24) is 15.2 Å². The molecule has 34 heavy (non-hydrogen) atoms. The van der Waals surface area contributed by atoms with E-state index in [9.17, 15) is 9.59 Å². The van der Waals surface area contributed by atoms with E-state index in [1.807, 2.05) is 42.5 Å². The number of aromatic nitrogens is 3. The smallest absolute Gasteiger partial charge is 0.255 e. The monoisotopic (exact) mass is 444 g/mol. The van der Waals surface area contributed by atoms with Gasteiger partial charge in [-0.1, -0.05) is 42.5 Å². The summed E-state index contributed by atoms with van der Waals surface area (Å²) in [7, 11) is 0. The molecule has 0 aliphatic heterocycles. The summed E-state index contributed by atoms with van der Waals surface area (Å²) in [5.41, 5.74) is 4.50. The summed E-state index contributed by atoms with van der Waals surface area (Å²) in [6.45, 7) is 0. The minimum absolute atomic E-state index is 0.141. The van der Waals surface area contributed by atoms with Crippen molar-refractivity contribution in [3.63, 3.8) is 0 Å². The second-order valence-electron chi connectivity index (χ2n) is 7.69. The highest BCUT2D eigenvalue weighted by Gasteiger charge is 2.13. The van der Waals surface area contributed by atoms with Crippen molar-refractivity contribution in [2.45, 2.75) is 0 Å². The van der Waals surface area contributed by atoms with Crippen LogP contribution in [0.1, 0.15) is 37.7 Å². The van der Waals surface area contributed by atoms with Gasteiger partial charge in [0.25, 0.3) is 5.91 Å². The minimum atomic E-state index is -0.227. The van der Waals surface area contributed by atoms with Crippen molar-refractivity contribution in [3.8, 4) is 0 Å². The molecule has 1 amide bonds. The quantitative estimate of drug-likeness (QED) is 0.333. The molecule has 0 spiro atoms. The Hall–Kier alpha value is -4.84. The summed E-state index contributed by atoms with van der Waals surface area (Å²) in [5.74, 6) is -0.367. The molecular formula is C28H20N4O2. The topological polar surface area (TPSA) is 87.7 Å². The maximum Gasteiger partial charge on any atom is 0.255 e. The first-order valence-electron chi connectivity index (χ1n) is 10.8. The number of amides is 1. The van der Waals surface area contributed by atoms with Crippen molar-refractivity contribution in [2.24, 2.45) is 0 Å². The summed E-state index contributed by atoms with van der Waals surface area (Å²) in [6, 6.07) is 27.0. The van der Waals surface area contributed by atoms with Gasteiger partial charge in [-0.05, 0) is 60.7 Å². The van der Waals surface area contributed by atoms with Gasteiger partial charge in [-0.25, -0.2) is 0 Å². The number of pyridine rings is 1. The number of nitrogens with one attached hydrogen (secondary N) is 2. The summed E-state index contributed by atoms with van der Waals surface area (Å²) in [6.07, 6.45) is 5.52. The van der Waals surface area contributed by atoms with Crippen molar-refractivity contribution < 1.29 is 9.59 Å². The molecule has 0 unspecified atom stereocenters. The van der Waals surface area contributed by atoms with Crippen LogP contribution in [0.25, 0.3) is 23.1 Å². The van der Waals surface area contributed by atoms with Gasteiger partial charge in [-0.2, -0.15) is 5.10 Å². The minimum Gasteiger partial charge on any atom is -0.322 e. The third-order valence-corrected chi connectivity index (χ3v) is 5.37. The van der Waals surface area contributed by atoms with Gasteiger partial charge in [0, 0.05) is 34.0 Å². The van der Waals surface area contributed by atoms with Crippen molar-refractivity contribution in [1.29, 1.82) is 0 Å². The van der Waals surface area contributed by atoms with E-state index in [4.69, 9.17) is 0 Å². The summed E-state index contributed by atoms with van der Waals surface area (Å²) in [4.78, 5) is 29.9. The second-order valence-corrected chi connectivity index (χ2v) is 7.69. The molecule has 164 valence electrons. The Bertz CT molecular complexity index is 1510. The standard InChI is InChI=1S/C28H20N4O2/c33-27(20-9-6-11-23(17-20)30-28(34)19-7-2-1-3-8-19)21-12-14-24-25(31-32-26(24)18-21)15-13-22-10-4-5-16-29-22/h1-18H,(H,30,34)(H,31,32)/b15-13+. The molecule has 0 saturated heterocycles. The molecule has 0 aliphatic rings. The van der Waals surface area contributed by atoms with Crippen LogP contribution in [0.5, 0.6) is 0 Å². The van der Waals surface area contributed by atoms with Crippen LogP contribution in [-0.4, -0.2) is 26.9 Å². The highest BCUT2D eigenvalue weighted by molar-refractivity contribution is 6.12. The van der Waals surface area contributed by atoms with Gasteiger partial charge < -0.3 is 5.32 Å². The van der Waals surface area contributed by atoms with Crippen LogP contribution in [0.2, 0.25) is 0 Å². The summed E-state index contributed by atoms with van der Waals surface area (Å²) < 4.78 is 0. The van der Waals surface area contributed by atoms with Crippen LogP contribution in [0.3, 0.4) is 0 Å². The fourth-order valence-corrected chi connectivity index (χ4v) is 3.65. The van der Waals surface area contributed by atoms with Crippen LogP contribution in [0.15, 0.2) is 97.2 Å². The zero-order valence-electron chi connectivity index (χ0n) is 18.1. The van der Waals surface area contributed by atoms with E-state index in [1.165, 1.54) is 0 Å². The van der Waals surface area contributed by atoms with Gasteiger partial charge in [0.2, 0.25) is 0 Å². The summed E-state index contributed by atoms with van der Waals surface area (Å²) >= 11 is 0. The average molecular weight is 444 g/mol. The molecule has 0 radical (unpaired) electrons. The van der Waals surface area contributed by atoms with Crippen molar-refractivity contribution in [3.05, 3.63) is 125 Å². The van der Waals surface area contributed by atoms with Gasteiger partial charge in [0.05, 0.1) is 16.9 Å². The molecule has 0 atom stereocenters. The molecule has 5 rings (SSSR count). The molecule has 5 aromatic rings. The maximum absolute atomic E-state index is 13.1. The molecule has 2 heterocycles. The van der Waals surface area contributed by atoms with E-state index in [-0.39, 0.29) is 11.7 Å². The first-order chi connectivity index (χ1) is 16.7. The number of carbonyl (C=O) groups is 2. The molecule has 6 nitrogen and oxygen atoms in total. The predicted molar refractivity (Wildman–Crippen MR) is 134 cm³/mol. The number of anilines is 1. The number of hydrogen-bond donors (Lipinski definition) is 2. The van der Waals surface area contributed by atoms with Crippen molar-refractivity contribution >= 4 is 40.4 Å². The lowest BCUT2D eigenvalue weighted by atomic mass is 10.0. The number of fused-ring (bicyclic) bond motifs is 1. The normalized spacial score (nSPS) is 11.1. The van der Waals surface area contributed by atoms with E-state index >= 15 is 0 Å². The average Bonchev–Trinajstić information content (AvgIpc) is 3.30. The Morgan fingerprint density at radius 2 is 1.56 bits per heavy atom. The molecule has 2 aromatic heterocycles. The zero-order chi connectivity index (χ0) is 23.3. The third-order valence-electron chi connectivity index (χ3n) is 5.37. The van der Waals surface area contributed by atoms with Gasteiger partial charge in [0.1, 0.15) is 0 Å². The number of hydrogen-bond acceptors (Lipinski definition) is 4. The number of aromatic amines is 1. The number of benzene rings is 3. The predicted octanol–water partition coefficient (Wildman–Crippen LogP) is 5.61. The first kappa shape index (κ1) is 21.0. The van der Waals surface area contributed by atoms with Crippen molar-refractivity contribution in [2.75, 3.05) is 5.32 Å². The Morgan fingerprint density at radius 3 is 2.38 bits per heavy atom. The van der Waals surface area contributed by atoms with Gasteiger partial charge >= 0.3 is 0 Å². The largest absolute Gasteiger partial charge is 0.322 e. The van der Waals surface area contributed by atoms with E-state index in [1.54, 1.807) is 66.9 Å². The fraction of sp³-hybridized carbons (Fsp3) is 0.